The van der Waals surface area contributed by atoms with E-state index >= 15 is 0 Å². The second kappa shape index (κ2) is 4.37. The number of hydrogen-bond acceptors (Lipinski definition) is 3. The molecule has 0 bridgehead atoms. The number of aromatic nitrogens is 1. The van der Waals surface area contributed by atoms with E-state index in [-0.39, 0.29) is 5.82 Å². The fourth-order valence-electron chi connectivity index (χ4n) is 1.55. The lowest BCUT2D eigenvalue weighted by atomic mass is 10.1. The van der Waals surface area contributed by atoms with Crippen molar-refractivity contribution in [1.82, 2.24) is 4.98 Å². The highest BCUT2D eigenvalue weighted by Gasteiger charge is 2.18. The highest BCUT2D eigenvalue weighted by atomic mass is 19.1. The van der Waals surface area contributed by atoms with Crippen LogP contribution in [0, 0.1) is 5.82 Å². The van der Waals surface area contributed by atoms with E-state index in [4.69, 9.17) is 4.74 Å². The molecule has 4 heteroatoms. The van der Waals surface area contributed by atoms with Crippen LogP contribution in [0.15, 0.2) is 30.5 Å². The lowest BCUT2D eigenvalue weighted by Crippen LogP contribution is -2.23. The highest BCUT2D eigenvalue weighted by molar-refractivity contribution is 5.93. The van der Waals surface area contributed by atoms with Crippen LogP contribution in [0.25, 0.3) is 10.9 Å². The summed E-state index contributed by atoms with van der Waals surface area (Å²) in [5.74, 6) is -0.813. The molecular formula is C14H14FNO2. The van der Waals surface area contributed by atoms with Gasteiger partial charge in [0.15, 0.2) is 0 Å². The largest absolute Gasteiger partial charge is 0.456 e. The zero-order valence-corrected chi connectivity index (χ0v) is 10.5. The summed E-state index contributed by atoms with van der Waals surface area (Å²) < 4.78 is 18.3. The van der Waals surface area contributed by atoms with E-state index in [1.165, 1.54) is 18.3 Å². The van der Waals surface area contributed by atoms with Crippen molar-refractivity contribution >= 4 is 16.9 Å². The molecule has 18 heavy (non-hydrogen) atoms. The Labute approximate surface area is 105 Å². The summed E-state index contributed by atoms with van der Waals surface area (Å²) in [7, 11) is 0. The SMILES string of the molecule is CC(C)(C)OC(=O)c1cnc2ccc(F)cc2c1. The molecule has 0 saturated carbocycles. The van der Waals surface area contributed by atoms with E-state index in [1.54, 1.807) is 32.9 Å². The number of rotatable bonds is 1. The lowest BCUT2D eigenvalue weighted by molar-refractivity contribution is 0.00693. The number of nitrogens with zero attached hydrogens (tertiary/aromatic N) is 1. The van der Waals surface area contributed by atoms with Crippen molar-refractivity contribution in [2.75, 3.05) is 0 Å². The van der Waals surface area contributed by atoms with Gasteiger partial charge in [0.05, 0.1) is 11.1 Å². The number of halogens is 1. The third-order valence-electron chi connectivity index (χ3n) is 2.28. The average molecular weight is 247 g/mol. The summed E-state index contributed by atoms with van der Waals surface area (Å²) in [5, 5.41) is 0.582. The summed E-state index contributed by atoms with van der Waals surface area (Å²) in [5.41, 5.74) is 0.403. The van der Waals surface area contributed by atoms with Crippen LogP contribution in [0.4, 0.5) is 4.39 Å². The maximum Gasteiger partial charge on any atom is 0.340 e. The molecule has 2 rings (SSSR count). The predicted molar refractivity (Wildman–Crippen MR) is 66.9 cm³/mol. The standard InChI is InChI=1S/C14H14FNO2/c1-14(2,3)18-13(17)10-6-9-7-11(15)4-5-12(9)16-8-10/h4-8H,1-3H3. The van der Waals surface area contributed by atoms with Gasteiger partial charge in [-0.15, -0.1) is 0 Å². The maximum atomic E-state index is 13.1. The Morgan fingerprint density at radius 1 is 1.28 bits per heavy atom. The zero-order valence-electron chi connectivity index (χ0n) is 10.5. The van der Waals surface area contributed by atoms with E-state index in [0.717, 1.165) is 0 Å². The molecule has 0 radical (unpaired) electrons. The van der Waals surface area contributed by atoms with Crippen molar-refractivity contribution in [3.63, 3.8) is 0 Å². The van der Waals surface area contributed by atoms with Crippen molar-refractivity contribution in [2.24, 2.45) is 0 Å². The monoisotopic (exact) mass is 247 g/mol. The van der Waals surface area contributed by atoms with Gasteiger partial charge < -0.3 is 4.74 Å². The Morgan fingerprint density at radius 3 is 2.67 bits per heavy atom. The summed E-state index contributed by atoms with van der Waals surface area (Å²) in [6.45, 7) is 5.37. The van der Waals surface area contributed by atoms with Crippen LogP contribution in [0.2, 0.25) is 0 Å². The van der Waals surface area contributed by atoms with Crippen LogP contribution >= 0.6 is 0 Å². The first-order chi connectivity index (χ1) is 8.35. The van der Waals surface area contributed by atoms with E-state index in [9.17, 15) is 9.18 Å². The Balaban J connectivity index is 2.37. The number of esters is 1. The molecule has 94 valence electrons. The van der Waals surface area contributed by atoms with E-state index in [1.807, 2.05) is 0 Å². The third-order valence-corrected chi connectivity index (χ3v) is 2.28. The molecule has 0 atom stereocenters. The summed E-state index contributed by atoms with van der Waals surface area (Å²) in [6, 6.07) is 5.84. The molecule has 1 aromatic carbocycles. The second-order valence-corrected chi connectivity index (χ2v) is 5.06. The van der Waals surface area contributed by atoms with Gasteiger partial charge in [0, 0.05) is 11.6 Å². The molecule has 0 aliphatic heterocycles. The Kier molecular flexibility index (Phi) is 3.03. The molecule has 0 spiro atoms. The minimum atomic E-state index is -0.562. The first-order valence-corrected chi connectivity index (χ1v) is 5.64. The molecule has 0 fully saturated rings. The van der Waals surface area contributed by atoms with Gasteiger partial charge in [0.2, 0.25) is 0 Å². The molecule has 0 aliphatic carbocycles. The highest BCUT2D eigenvalue weighted by Crippen LogP contribution is 2.17. The summed E-state index contributed by atoms with van der Waals surface area (Å²) >= 11 is 0. The van der Waals surface area contributed by atoms with Gasteiger partial charge in [0.25, 0.3) is 0 Å². The molecule has 0 N–H and O–H groups in total. The van der Waals surface area contributed by atoms with E-state index in [0.29, 0.717) is 16.5 Å². The van der Waals surface area contributed by atoms with Crippen molar-refractivity contribution in [3.8, 4) is 0 Å². The molecule has 1 heterocycles. The van der Waals surface area contributed by atoms with Gasteiger partial charge >= 0.3 is 5.97 Å². The molecular weight excluding hydrogens is 233 g/mol. The van der Waals surface area contributed by atoms with Crippen molar-refractivity contribution in [1.29, 1.82) is 0 Å². The number of fused-ring (bicyclic) bond motifs is 1. The minimum absolute atomic E-state index is 0.322. The van der Waals surface area contributed by atoms with Crippen LogP contribution in [0.3, 0.4) is 0 Å². The van der Waals surface area contributed by atoms with Crippen molar-refractivity contribution in [3.05, 3.63) is 41.8 Å². The Morgan fingerprint density at radius 2 is 2.00 bits per heavy atom. The van der Waals surface area contributed by atoms with Gasteiger partial charge in [-0.3, -0.25) is 4.98 Å². The fraction of sp³-hybridized carbons (Fsp3) is 0.286. The van der Waals surface area contributed by atoms with E-state index < -0.39 is 11.6 Å². The molecule has 0 amide bonds. The van der Waals surface area contributed by atoms with Crippen LogP contribution < -0.4 is 0 Å². The molecule has 3 nitrogen and oxygen atoms in total. The van der Waals surface area contributed by atoms with Crippen LogP contribution in [0.1, 0.15) is 31.1 Å². The molecule has 1 aromatic heterocycles. The number of ether oxygens (including phenoxy) is 1. The molecule has 0 unspecified atom stereocenters. The molecule has 2 aromatic rings. The number of benzene rings is 1. The quantitative estimate of drug-likeness (QED) is 0.725. The Bertz CT molecular complexity index is 602. The van der Waals surface area contributed by atoms with Crippen LogP contribution in [-0.4, -0.2) is 16.6 Å². The van der Waals surface area contributed by atoms with Gasteiger partial charge in [-0.05, 0) is 45.0 Å². The summed E-state index contributed by atoms with van der Waals surface area (Å²) in [6.07, 6.45) is 1.44. The van der Waals surface area contributed by atoms with Crippen LogP contribution in [-0.2, 0) is 4.74 Å². The first-order valence-electron chi connectivity index (χ1n) is 5.64. The van der Waals surface area contributed by atoms with Crippen molar-refractivity contribution in [2.45, 2.75) is 26.4 Å². The average Bonchev–Trinajstić information content (AvgIpc) is 2.25. The number of carbonyl (C=O) groups excluding carboxylic acids is 1. The van der Waals surface area contributed by atoms with Crippen LogP contribution in [0.5, 0.6) is 0 Å². The Hall–Kier alpha value is -1.97. The number of pyridine rings is 1. The second-order valence-electron chi connectivity index (χ2n) is 5.06. The van der Waals surface area contributed by atoms with Gasteiger partial charge in [-0.25, -0.2) is 9.18 Å². The van der Waals surface area contributed by atoms with Gasteiger partial charge in [-0.1, -0.05) is 0 Å². The topological polar surface area (TPSA) is 39.2 Å². The van der Waals surface area contributed by atoms with E-state index in [2.05, 4.69) is 4.98 Å². The van der Waals surface area contributed by atoms with Gasteiger partial charge in [0.1, 0.15) is 11.4 Å². The molecule has 0 saturated heterocycles. The fourth-order valence-corrected chi connectivity index (χ4v) is 1.55. The summed E-state index contributed by atoms with van der Waals surface area (Å²) in [4.78, 5) is 15.9. The first kappa shape index (κ1) is 12.5. The third kappa shape index (κ3) is 2.83. The predicted octanol–water partition coefficient (Wildman–Crippen LogP) is 3.33. The molecule has 0 aliphatic rings. The lowest BCUT2D eigenvalue weighted by Gasteiger charge is -2.19. The minimum Gasteiger partial charge on any atom is -0.456 e. The number of hydrogen-bond donors (Lipinski definition) is 0. The van der Waals surface area contributed by atoms with Crippen molar-refractivity contribution < 1.29 is 13.9 Å². The zero-order chi connectivity index (χ0) is 13.3. The maximum absolute atomic E-state index is 13.1. The normalized spacial score (nSPS) is 11.6. The van der Waals surface area contributed by atoms with Gasteiger partial charge in [-0.2, -0.15) is 0 Å². The smallest absolute Gasteiger partial charge is 0.340 e. The number of carbonyl (C=O) groups is 1.